The Hall–Kier alpha value is -1.79. The van der Waals surface area contributed by atoms with E-state index < -0.39 is 0 Å². The van der Waals surface area contributed by atoms with E-state index in [0.717, 1.165) is 56.5 Å². The SMILES string of the molecule is CCCOc1cc(C)ccc1CNC(=NC)NCC(C)N1CCN(CC)CC1. The number of benzene rings is 1. The average molecular weight is 390 g/mol. The van der Waals surface area contributed by atoms with Crippen molar-refractivity contribution in [2.45, 2.75) is 46.7 Å². The van der Waals surface area contributed by atoms with E-state index in [0.29, 0.717) is 12.6 Å². The van der Waals surface area contributed by atoms with Crippen LogP contribution in [0, 0.1) is 6.92 Å². The van der Waals surface area contributed by atoms with E-state index in [1.165, 1.54) is 18.7 Å². The largest absolute Gasteiger partial charge is 0.493 e. The Morgan fingerprint density at radius 2 is 1.93 bits per heavy atom. The molecule has 0 aromatic heterocycles. The fraction of sp³-hybridized carbons (Fsp3) is 0.682. The van der Waals surface area contributed by atoms with Crippen LogP contribution in [0.3, 0.4) is 0 Å². The Balaban J connectivity index is 1.81. The number of nitrogens with one attached hydrogen (secondary N) is 2. The summed E-state index contributed by atoms with van der Waals surface area (Å²) in [4.78, 5) is 9.45. The molecule has 158 valence electrons. The van der Waals surface area contributed by atoms with Gasteiger partial charge in [0.25, 0.3) is 0 Å². The van der Waals surface area contributed by atoms with Crippen LogP contribution in [0.25, 0.3) is 0 Å². The second kappa shape index (κ2) is 11.9. The highest BCUT2D eigenvalue weighted by molar-refractivity contribution is 5.79. The molecular weight excluding hydrogens is 350 g/mol. The van der Waals surface area contributed by atoms with Gasteiger partial charge in [-0.15, -0.1) is 0 Å². The first-order valence-electron chi connectivity index (χ1n) is 10.7. The molecule has 1 aliphatic heterocycles. The lowest BCUT2D eigenvalue weighted by Crippen LogP contribution is -2.53. The van der Waals surface area contributed by atoms with Gasteiger partial charge in [-0.05, 0) is 38.4 Å². The van der Waals surface area contributed by atoms with E-state index in [9.17, 15) is 0 Å². The lowest BCUT2D eigenvalue weighted by atomic mass is 10.1. The number of hydrogen-bond donors (Lipinski definition) is 2. The van der Waals surface area contributed by atoms with Crippen molar-refractivity contribution in [2.24, 2.45) is 4.99 Å². The molecule has 1 aromatic rings. The smallest absolute Gasteiger partial charge is 0.191 e. The Morgan fingerprint density at radius 1 is 1.18 bits per heavy atom. The zero-order valence-electron chi connectivity index (χ0n) is 18.4. The zero-order valence-corrected chi connectivity index (χ0v) is 18.4. The maximum Gasteiger partial charge on any atom is 0.191 e. The molecule has 0 amide bonds. The summed E-state index contributed by atoms with van der Waals surface area (Å²) in [6, 6.07) is 6.86. The van der Waals surface area contributed by atoms with Crippen LogP contribution in [0.2, 0.25) is 0 Å². The first-order valence-corrected chi connectivity index (χ1v) is 10.7. The summed E-state index contributed by atoms with van der Waals surface area (Å²) in [6.07, 6.45) is 1.01. The molecule has 6 heteroatoms. The van der Waals surface area contributed by atoms with E-state index in [2.05, 4.69) is 71.3 Å². The molecule has 6 nitrogen and oxygen atoms in total. The molecule has 0 aliphatic carbocycles. The summed E-state index contributed by atoms with van der Waals surface area (Å²) in [5.74, 6) is 1.80. The third-order valence-electron chi connectivity index (χ3n) is 5.40. The molecule has 0 radical (unpaired) electrons. The van der Waals surface area contributed by atoms with Gasteiger partial charge in [0, 0.05) is 57.9 Å². The van der Waals surface area contributed by atoms with Crippen LogP contribution in [0.5, 0.6) is 5.75 Å². The Bertz CT molecular complexity index is 611. The van der Waals surface area contributed by atoms with Gasteiger partial charge in [-0.25, -0.2) is 0 Å². The third kappa shape index (κ3) is 6.99. The second-order valence-electron chi connectivity index (χ2n) is 7.59. The number of rotatable bonds is 9. The number of aryl methyl sites for hydroxylation is 1. The maximum atomic E-state index is 5.92. The molecule has 1 atom stereocenters. The lowest BCUT2D eigenvalue weighted by Gasteiger charge is -2.37. The van der Waals surface area contributed by atoms with Gasteiger partial charge in [0.1, 0.15) is 5.75 Å². The van der Waals surface area contributed by atoms with Gasteiger partial charge >= 0.3 is 0 Å². The van der Waals surface area contributed by atoms with Gasteiger partial charge in [0.2, 0.25) is 0 Å². The Kier molecular flexibility index (Phi) is 9.58. The summed E-state index contributed by atoms with van der Waals surface area (Å²) in [5.41, 5.74) is 2.38. The minimum atomic E-state index is 0.486. The van der Waals surface area contributed by atoms with Gasteiger partial charge in [-0.1, -0.05) is 26.0 Å². The number of ether oxygens (including phenoxy) is 1. The van der Waals surface area contributed by atoms with E-state index in [4.69, 9.17) is 4.74 Å². The maximum absolute atomic E-state index is 5.92. The van der Waals surface area contributed by atoms with Crippen LogP contribution in [0.15, 0.2) is 23.2 Å². The van der Waals surface area contributed by atoms with Crippen molar-refractivity contribution in [3.05, 3.63) is 29.3 Å². The summed E-state index contributed by atoms with van der Waals surface area (Å²) in [7, 11) is 1.82. The summed E-state index contributed by atoms with van der Waals surface area (Å²) in [5, 5.41) is 6.91. The van der Waals surface area contributed by atoms with Crippen LogP contribution in [0.1, 0.15) is 38.3 Å². The number of guanidine groups is 1. The molecule has 28 heavy (non-hydrogen) atoms. The third-order valence-corrected chi connectivity index (χ3v) is 5.40. The highest BCUT2D eigenvalue weighted by Gasteiger charge is 2.20. The molecule has 1 aliphatic rings. The molecule has 2 N–H and O–H groups in total. The van der Waals surface area contributed by atoms with Gasteiger partial charge in [0.05, 0.1) is 6.61 Å². The lowest BCUT2D eigenvalue weighted by molar-refractivity contribution is 0.107. The van der Waals surface area contributed by atoms with Crippen molar-refractivity contribution in [1.82, 2.24) is 20.4 Å². The molecule has 0 saturated carbocycles. The van der Waals surface area contributed by atoms with Crippen molar-refractivity contribution in [1.29, 1.82) is 0 Å². The van der Waals surface area contributed by atoms with Gasteiger partial charge in [0.15, 0.2) is 5.96 Å². The van der Waals surface area contributed by atoms with Crippen LogP contribution in [-0.2, 0) is 6.54 Å². The quantitative estimate of drug-likeness (QED) is 0.502. The predicted octanol–water partition coefficient (Wildman–Crippen LogP) is 2.47. The first kappa shape index (κ1) is 22.5. The minimum absolute atomic E-state index is 0.486. The molecule has 1 aromatic carbocycles. The normalized spacial score (nSPS) is 17.4. The topological polar surface area (TPSA) is 52.1 Å². The van der Waals surface area contributed by atoms with E-state index in [1.807, 2.05) is 7.05 Å². The van der Waals surface area contributed by atoms with Gasteiger partial charge < -0.3 is 20.3 Å². The van der Waals surface area contributed by atoms with Crippen LogP contribution in [-0.4, -0.2) is 74.7 Å². The molecule has 1 unspecified atom stereocenters. The fourth-order valence-electron chi connectivity index (χ4n) is 3.45. The average Bonchev–Trinajstić information content (AvgIpc) is 2.73. The summed E-state index contributed by atoms with van der Waals surface area (Å²) in [6.45, 7) is 16.9. The standard InChI is InChI=1S/C22H39N5O/c1-6-14-28-21-15-18(3)8-9-20(21)17-25-22(23-5)24-16-19(4)27-12-10-26(7-2)11-13-27/h8-9,15,19H,6-7,10-14,16-17H2,1-5H3,(H2,23,24,25). The summed E-state index contributed by atoms with van der Waals surface area (Å²) >= 11 is 0. The van der Waals surface area contributed by atoms with Crippen molar-refractivity contribution < 1.29 is 4.74 Å². The Labute approximate surface area is 171 Å². The number of hydrogen-bond acceptors (Lipinski definition) is 4. The number of likely N-dealkylation sites (N-methyl/N-ethyl adjacent to an activating group) is 1. The fourth-order valence-corrected chi connectivity index (χ4v) is 3.45. The molecule has 1 saturated heterocycles. The van der Waals surface area contributed by atoms with E-state index in [-0.39, 0.29) is 0 Å². The van der Waals surface area contributed by atoms with Crippen molar-refractivity contribution in [3.8, 4) is 5.75 Å². The number of aliphatic imine (C=N–C) groups is 1. The molecule has 1 fully saturated rings. The second-order valence-corrected chi connectivity index (χ2v) is 7.59. The van der Waals surface area contributed by atoms with Crippen molar-refractivity contribution in [3.63, 3.8) is 0 Å². The molecule has 0 spiro atoms. The van der Waals surface area contributed by atoms with Crippen LogP contribution >= 0.6 is 0 Å². The van der Waals surface area contributed by atoms with Gasteiger partial charge in [-0.3, -0.25) is 9.89 Å². The highest BCUT2D eigenvalue weighted by Crippen LogP contribution is 2.20. The number of nitrogens with zero attached hydrogens (tertiary/aromatic N) is 3. The minimum Gasteiger partial charge on any atom is -0.493 e. The van der Waals surface area contributed by atoms with Gasteiger partial charge in [-0.2, -0.15) is 0 Å². The van der Waals surface area contributed by atoms with Crippen LogP contribution < -0.4 is 15.4 Å². The molecule has 2 rings (SSSR count). The van der Waals surface area contributed by atoms with Crippen LogP contribution in [0.4, 0.5) is 0 Å². The molecular formula is C22H39N5O. The molecule has 0 bridgehead atoms. The zero-order chi connectivity index (χ0) is 20.4. The number of piperazine rings is 1. The summed E-state index contributed by atoms with van der Waals surface area (Å²) < 4.78 is 5.92. The van der Waals surface area contributed by atoms with E-state index >= 15 is 0 Å². The Morgan fingerprint density at radius 3 is 2.57 bits per heavy atom. The monoisotopic (exact) mass is 389 g/mol. The molecule has 1 heterocycles. The first-order chi connectivity index (χ1) is 13.6. The van der Waals surface area contributed by atoms with Crippen molar-refractivity contribution in [2.75, 3.05) is 52.9 Å². The predicted molar refractivity (Wildman–Crippen MR) is 118 cm³/mol. The van der Waals surface area contributed by atoms with Crippen molar-refractivity contribution >= 4 is 5.96 Å². The highest BCUT2D eigenvalue weighted by atomic mass is 16.5. The van der Waals surface area contributed by atoms with E-state index in [1.54, 1.807) is 0 Å².